The van der Waals surface area contributed by atoms with Gasteiger partial charge in [0.25, 0.3) is 0 Å². The first-order valence-corrected chi connectivity index (χ1v) is 8.82. The molecule has 0 saturated heterocycles. The molecule has 130 valence electrons. The van der Waals surface area contributed by atoms with Gasteiger partial charge in [0.1, 0.15) is 11.5 Å². The molecular formula is C23H26O2. The normalized spacial score (nSPS) is 15.4. The molecule has 0 fully saturated rings. The van der Waals surface area contributed by atoms with Crippen molar-refractivity contribution in [1.82, 2.24) is 0 Å². The summed E-state index contributed by atoms with van der Waals surface area (Å²) in [5, 5.41) is 0. The number of hydrogen-bond donors (Lipinski definition) is 0. The number of methoxy groups -OCH3 is 2. The van der Waals surface area contributed by atoms with Crippen molar-refractivity contribution in [2.24, 2.45) is 5.92 Å². The van der Waals surface area contributed by atoms with E-state index >= 15 is 0 Å². The summed E-state index contributed by atoms with van der Waals surface area (Å²) < 4.78 is 11.1. The maximum atomic E-state index is 5.56. The van der Waals surface area contributed by atoms with Crippen LogP contribution in [0.15, 0.2) is 24.3 Å². The molecule has 1 atom stereocenters. The maximum Gasteiger partial charge on any atom is 0.122 e. The molecule has 0 N–H and O–H groups in total. The highest BCUT2D eigenvalue weighted by atomic mass is 16.5. The molecule has 3 rings (SSSR count). The van der Waals surface area contributed by atoms with Crippen molar-refractivity contribution in [3.63, 3.8) is 0 Å². The van der Waals surface area contributed by atoms with E-state index in [2.05, 4.69) is 63.8 Å². The first kappa shape index (κ1) is 17.4. The molecule has 2 aromatic carbocycles. The van der Waals surface area contributed by atoms with Crippen molar-refractivity contribution >= 4 is 0 Å². The van der Waals surface area contributed by atoms with Crippen molar-refractivity contribution in [3.8, 4) is 23.3 Å². The van der Waals surface area contributed by atoms with Crippen LogP contribution < -0.4 is 9.47 Å². The number of ether oxygens (including phenoxy) is 2. The number of benzene rings is 2. The lowest BCUT2D eigenvalue weighted by Gasteiger charge is -2.26. The SMILES string of the molecule is COc1cc2c(cc1C)C#Cc1cc(C)c(OC)cc1C(C(C)C)C2. The third-order valence-corrected chi connectivity index (χ3v) is 5.16. The second kappa shape index (κ2) is 6.84. The zero-order valence-electron chi connectivity index (χ0n) is 16.0. The molecular weight excluding hydrogens is 308 g/mol. The fourth-order valence-electron chi connectivity index (χ4n) is 3.65. The summed E-state index contributed by atoms with van der Waals surface area (Å²) in [5.74, 6) is 9.58. The monoisotopic (exact) mass is 334 g/mol. The summed E-state index contributed by atoms with van der Waals surface area (Å²) in [6, 6.07) is 8.66. The third kappa shape index (κ3) is 3.24. The number of aryl methyl sites for hydroxylation is 2. The number of rotatable bonds is 3. The van der Waals surface area contributed by atoms with Gasteiger partial charge in [-0.2, -0.15) is 0 Å². The summed E-state index contributed by atoms with van der Waals surface area (Å²) in [7, 11) is 3.46. The van der Waals surface area contributed by atoms with Gasteiger partial charge in [0, 0.05) is 11.1 Å². The zero-order chi connectivity index (χ0) is 18.1. The maximum absolute atomic E-state index is 5.56. The van der Waals surface area contributed by atoms with E-state index in [9.17, 15) is 0 Å². The topological polar surface area (TPSA) is 18.5 Å². The van der Waals surface area contributed by atoms with E-state index in [-0.39, 0.29) is 0 Å². The second-order valence-electron chi connectivity index (χ2n) is 7.19. The fourth-order valence-corrected chi connectivity index (χ4v) is 3.65. The molecule has 0 aromatic heterocycles. The predicted octanol–water partition coefficient (Wildman–Crippen LogP) is 5.02. The van der Waals surface area contributed by atoms with Crippen LogP contribution in [-0.4, -0.2) is 14.2 Å². The lowest BCUT2D eigenvalue weighted by atomic mass is 9.78. The molecule has 0 saturated carbocycles. The molecule has 2 aromatic rings. The van der Waals surface area contributed by atoms with Gasteiger partial charge in [-0.25, -0.2) is 0 Å². The van der Waals surface area contributed by atoms with Crippen LogP contribution in [0.3, 0.4) is 0 Å². The Balaban J connectivity index is 2.23. The van der Waals surface area contributed by atoms with E-state index in [1.807, 2.05) is 0 Å². The van der Waals surface area contributed by atoms with E-state index in [0.29, 0.717) is 11.8 Å². The Kier molecular flexibility index (Phi) is 4.77. The Labute approximate surface area is 151 Å². The highest BCUT2D eigenvalue weighted by Crippen LogP contribution is 2.37. The van der Waals surface area contributed by atoms with Crippen molar-refractivity contribution in [3.05, 3.63) is 57.6 Å². The van der Waals surface area contributed by atoms with Crippen LogP contribution in [0.5, 0.6) is 11.5 Å². The third-order valence-electron chi connectivity index (χ3n) is 5.16. The average molecular weight is 334 g/mol. The van der Waals surface area contributed by atoms with Crippen LogP contribution in [0.4, 0.5) is 0 Å². The first-order valence-electron chi connectivity index (χ1n) is 8.82. The van der Waals surface area contributed by atoms with E-state index < -0.39 is 0 Å². The molecule has 0 amide bonds. The van der Waals surface area contributed by atoms with Gasteiger partial charge in [-0.3, -0.25) is 0 Å². The van der Waals surface area contributed by atoms with E-state index in [1.165, 1.54) is 11.1 Å². The Morgan fingerprint density at radius 2 is 1.44 bits per heavy atom. The molecule has 0 bridgehead atoms. The summed E-state index contributed by atoms with van der Waals surface area (Å²) in [6.45, 7) is 8.71. The lowest BCUT2D eigenvalue weighted by molar-refractivity contribution is 0.407. The molecule has 0 heterocycles. The van der Waals surface area contributed by atoms with Crippen LogP contribution >= 0.6 is 0 Å². The minimum atomic E-state index is 0.394. The molecule has 0 radical (unpaired) electrons. The van der Waals surface area contributed by atoms with Crippen LogP contribution in [0.1, 0.15) is 53.1 Å². The molecule has 0 spiro atoms. The number of fused-ring (bicyclic) bond motifs is 2. The fraction of sp³-hybridized carbons (Fsp3) is 0.391. The molecule has 1 aliphatic carbocycles. The van der Waals surface area contributed by atoms with Crippen LogP contribution in [0.2, 0.25) is 0 Å². The minimum absolute atomic E-state index is 0.394. The van der Waals surface area contributed by atoms with Gasteiger partial charge in [-0.15, -0.1) is 0 Å². The smallest absolute Gasteiger partial charge is 0.122 e. The summed E-state index contributed by atoms with van der Waals surface area (Å²) >= 11 is 0. The molecule has 2 nitrogen and oxygen atoms in total. The summed E-state index contributed by atoms with van der Waals surface area (Å²) in [4.78, 5) is 0. The Hall–Kier alpha value is -2.40. The van der Waals surface area contributed by atoms with E-state index in [4.69, 9.17) is 9.47 Å². The standard InChI is InChI=1S/C23H26O2/c1-14(2)20-11-19-12-22(24-5)15(3)9-17(19)7-8-18-10-16(4)23(25-6)13-21(18)20/h9-10,12-14,20H,11H2,1-6H3. The molecule has 2 heteroatoms. The van der Waals surface area contributed by atoms with Crippen molar-refractivity contribution in [2.45, 2.75) is 40.0 Å². The summed E-state index contributed by atoms with van der Waals surface area (Å²) in [6.07, 6.45) is 0.956. The Morgan fingerprint density at radius 1 is 0.880 bits per heavy atom. The van der Waals surface area contributed by atoms with Crippen molar-refractivity contribution in [2.75, 3.05) is 14.2 Å². The van der Waals surface area contributed by atoms with Gasteiger partial charge in [-0.05, 0) is 78.6 Å². The molecule has 0 aliphatic heterocycles. The van der Waals surface area contributed by atoms with Crippen LogP contribution in [0, 0.1) is 31.6 Å². The number of hydrogen-bond acceptors (Lipinski definition) is 2. The largest absolute Gasteiger partial charge is 0.496 e. The van der Waals surface area contributed by atoms with Gasteiger partial charge >= 0.3 is 0 Å². The lowest BCUT2D eigenvalue weighted by Crippen LogP contribution is -2.14. The van der Waals surface area contributed by atoms with Crippen molar-refractivity contribution in [1.29, 1.82) is 0 Å². The van der Waals surface area contributed by atoms with Gasteiger partial charge in [-0.1, -0.05) is 25.7 Å². The first-order chi connectivity index (χ1) is 11.9. The highest BCUT2D eigenvalue weighted by Gasteiger charge is 2.24. The van der Waals surface area contributed by atoms with E-state index in [0.717, 1.165) is 40.2 Å². The molecule has 1 unspecified atom stereocenters. The van der Waals surface area contributed by atoms with Gasteiger partial charge in [0.2, 0.25) is 0 Å². The Bertz CT molecular complexity index is 866. The molecule has 1 aliphatic rings. The van der Waals surface area contributed by atoms with Gasteiger partial charge in [0.05, 0.1) is 14.2 Å². The zero-order valence-corrected chi connectivity index (χ0v) is 16.0. The van der Waals surface area contributed by atoms with E-state index in [1.54, 1.807) is 14.2 Å². The van der Waals surface area contributed by atoms with Crippen LogP contribution in [-0.2, 0) is 6.42 Å². The summed E-state index contributed by atoms with van der Waals surface area (Å²) in [5.41, 5.74) is 7.04. The average Bonchev–Trinajstić information content (AvgIpc) is 2.57. The minimum Gasteiger partial charge on any atom is -0.496 e. The molecule has 25 heavy (non-hydrogen) atoms. The van der Waals surface area contributed by atoms with Crippen LogP contribution in [0.25, 0.3) is 0 Å². The Morgan fingerprint density at radius 3 is 2.04 bits per heavy atom. The van der Waals surface area contributed by atoms with Gasteiger partial charge < -0.3 is 9.47 Å². The second-order valence-corrected chi connectivity index (χ2v) is 7.19. The van der Waals surface area contributed by atoms with Gasteiger partial charge in [0.15, 0.2) is 0 Å². The highest BCUT2D eigenvalue weighted by molar-refractivity contribution is 5.58. The quantitative estimate of drug-likeness (QED) is 0.734. The van der Waals surface area contributed by atoms with Crippen molar-refractivity contribution < 1.29 is 9.47 Å². The predicted molar refractivity (Wildman–Crippen MR) is 103 cm³/mol.